The zero-order valence-electron chi connectivity index (χ0n) is 9.52. The number of aromatic nitrogens is 2. The maximum absolute atomic E-state index is 12.2. The highest BCUT2D eigenvalue weighted by atomic mass is 35.5. The van der Waals surface area contributed by atoms with E-state index in [0.717, 1.165) is 0 Å². The lowest BCUT2D eigenvalue weighted by atomic mass is 10.6. The molecule has 1 rings (SSSR count). The van der Waals surface area contributed by atoms with Crippen LogP contribution in [0.25, 0.3) is 0 Å². The second-order valence-corrected chi connectivity index (χ2v) is 5.86. The fourth-order valence-corrected chi connectivity index (χ4v) is 3.19. The highest BCUT2D eigenvalue weighted by Gasteiger charge is 2.26. The molecule has 1 aromatic rings. The van der Waals surface area contributed by atoms with E-state index in [1.54, 1.807) is 13.8 Å². The van der Waals surface area contributed by atoms with Gasteiger partial charge in [-0.1, -0.05) is 23.2 Å². The summed E-state index contributed by atoms with van der Waals surface area (Å²) >= 11 is 11.5. The van der Waals surface area contributed by atoms with Crippen molar-refractivity contribution in [1.29, 1.82) is 0 Å². The van der Waals surface area contributed by atoms with Crippen molar-refractivity contribution < 1.29 is 13.6 Å². The van der Waals surface area contributed by atoms with E-state index in [9.17, 15) is 4.57 Å². The van der Waals surface area contributed by atoms with E-state index in [2.05, 4.69) is 9.97 Å². The number of nitrogens with zero attached hydrogens (tertiary/aromatic N) is 2. The predicted molar refractivity (Wildman–Crippen MR) is 66.6 cm³/mol. The molecule has 5 nitrogen and oxygen atoms in total. The predicted octanol–water partition coefficient (Wildman–Crippen LogP) is 3.55. The van der Waals surface area contributed by atoms with Crippen LogP contribution in [0.3, 0.4) is 0 Å². The lowest BCUT2D eigenvalue weighted by molar-refractivity contribution is 0.218. The molecule has 96 valence electrons. The SMILES string of the molecule is CCOP(=O)(Cc1nc(Cl)cc(Cl)n1)OCC. The van der Waals surface area contributed by atoms with Crippen LogP contribution in [0.2, 0.25) is 10.3 Å². The Hall–Kier alpha value is -0.190. The van der Waals surface area contributed by atoms with Gasteiger partial charge < -0.3 is 9.05 Å². The van der Waals surface area contributed by atoms with Gasteiger partial charge in [0.25, 0.3) is 0 Å². The third-order valence-electron chi connectivity index (χ3n) is 1.70. The Morgan fingerprint density at radius 3 is 2.06 bits per heavy atom. The molecule has 0 saturated carbocycles. The van der Waals surface area contributed by atoms with Crippen molar-refractivity contribution in [2.45, 2.75) is 20.0 Å². The fourth-order valence-electron chi connectivity index (χ4n) is 1.20. The van der Waals surface area contributed by atoms with E-state index < -0.39 is 7.60 Å². The standard InChI is InChI=1S/C9H13Cl2N2O3P/c1-3-15-17(14,16-4-2)6-9-12-7(10)5-8(11)13-9/h5H,3-4,6H2,1-2H3. The van der Waals surface area contributed by atoms with Crippen molar-refractivity contribution in [1.82, 2.24) is 9.97 Å². The van der Waals surface area contributed by atoms with Crippen LogP contribution in [0, 0.1) is 0 Å². The Bertz CT molecular complexity index is 400. The minimum atomic E-state index is -3.22. The Morgan fingerprint density at radius 2 is 1.65 bits per heavy atom. The first kappa shape index (κ1) is 14.9. The molecular formula is C9H13Cl2N2O3P. The molecule has 0 N–H and O–H groups in total. The smallest absolute Gasteiger partial charge is 0.309 e. The summed E-state index contributed by atoms with van der Waals surface area (Å²) in [7, 11) is -3.22. The summed E-state index contributed by atoms with van der Waals surface area (Å²) in [5, 5.41) is 0.388. The third-order valence-corrected chi connectivity index (χ3v) is 4.06. The van der Waals surface area contributed by atoms with Gasteiger partial charge in [-0.25, -0.2) is 9.97 Å². The van der Waals surface area contributed by atoms with Gasteiger partial charge in [0.05, 0.1) is 13.2 Å². The second kappa shape index (κ2) is 6.66. The first-order valence-corrected chi connectivity index (χ1v) is 7.54. The molecule has 0 unspecified atom stereocenters. The van der Waals surface area contributed by atoms with Crippen LogP contribution in [0.1, 0.15) is 19.7 Å². The van der Waals surface area contributed by atoms with Gasteiger partial charge >= 0.3 is 7.60 Å². The van der Waals surface area contributed by atoms with Gasteiger partial charge in [0.2, 0.25) is 0 Å². The first-order valence-electron chi connectivity index (χ1n) is 5.06. The van der Waals surface area contributed by atoms with Gasteiger partial charge in [0, 0.05) is 6.07 Å². The molecule has 0 bridgehead atoms. The van der Waals surface area contributed by atoms with Crippen LogP contribution in [0.15, 0.2) is 6.07 Å². The summed E-state index contributed by atoms with van der Waals surface area (Å²) in [5.74, 6) is 0.243. The van der Waals surface area contributed by atoms with E-state index in [-0.39, 0.29) is 35.5 Å². The monoisotopic (exact) mass is 298 g/mol. The van der Waals surface area contributed by atoms with Crippen molar-refractivity contribution in [2.24, 2.45) is 0 Å². The molecule has 0 amide bonds. The molecule has 0 fully saturated rings. The fraction of sp³-hybridized carbons (Fsp3) is 0.556. The van der Waals surface area contributed by atoms with E-state index in [1.165, 1.54) is 6.07 Å². The number of hydrogen-bond acceptors (Lipinski definition) is 5. The van der Waals surface area contributed by atoms with Crippen LogP contribution in [-0.4, -0.2) is 23.2 Å². The molecular weight excluding hydrogens is 286 g/mol. The normalized spacial score (nSPS) is 11.8. The Labute approximate surface area is 110 Å². The molecule has 1 heterocycles. The molecule has 0 aliphatic carbocycles. The molecule has 0 saturated heterocycles. The molecule has 17 heavy (non-hydrogen) atoms. The molecule has 0 aliphatic rings. The third kappa shape index (κ3) is 4.90. The van der Waals surface area contributed by atoms with Gasteiger partial charge in [-0.05, 0) is 13.8 Å². The minimum Gasteiger partial charge on any atom is -0.309 e. The van der Waals surface area contributed by atoms with E-state index in [1.807, 2.05) is 0 Å². The highest BCUT2D eigenvalue weighted by molar-refractivity contribution is 7.53. The molecule has 0 spiro atoms. The van der Waals surface area contributed by atoms with Crippen LogP contribution < -0.4 is 0 Å². The van der Waals surface area contributed by atoms with Gasteiger partial charge in [-0.2, -0.15) is 0 Å². The van der Waals surface area contributed by atoms with E-state index >= 15 is 0 Å². The van der Waals surface area contributed by atoms with Crippen LogP contribution in [-0.2, 0) is 19.8 Å². The molecule has 0 atom stereocenters. The average molecular weight is 299 g/mol. The Morgan fingerprint density at radius 1 is 1.18 bits per heavy atom. The maximum atomic E-state index is 12.2. The van der Waals surface area contributed by atoms with Gasteiger partial charge in [0.15, 0.2) is 0 Å². The largest absolute Gasteiger partial charge is 0.338 e. The van der Waals surface area contributed by atoms with Crippen molar-refractivity contribution in [3.63, 3.8) is 0 Å². The topological polar surface area (TPSA) is 61.3 Å². The van der Waals surface area contributed by atoms with Gasteiger partial charge in [-0.15, -0.1) is 0 Å². The second-order valence-electron chi connectivity index (χ2n) is 3.03. The summed E-state index contributed by atoms with van der Waals surface area (Å²) in [6, 6.07) is 1.40. The average Bonchev–Trinajstić information content (AvgIpc) is 2.15. The van der Waals surface area contributed by atoms with Crippen LogP contribution in [0.4, 0.5) is 0 Å². The summed E-state index contributed by atoms with van der Waals surface area (Å²) in [5.41, 5.74) is 0. The lowest BCUT2D eigenvalue weighted by Gasteiger charge is -2.16. The molecule has 0 aliphatic heterocycles. The molecule has 0 radical (unpaired) electrons. The van der Waals surface area contributed by atoms with Gasteiger partial charge in [0.1, 0.15) is 22.3 Å². The van der Waals surface area contributed by atoms with E-state index in [0.29, 0.717) is 0 Å². The lowest BCUT2D eigenvalue weighted by Crippen LogP contribution is -2.02. The summed E-state index contributed by atoms with van der Waals surface area (Å²) in [6.07, 6.45) is -0.0467. The minimum absolute atomic E-state index is 0.0467. The number of rotatable bonds is 6. The van der Waals surface area contributed by atoms with Crippen molar-refractivity contribution in [2.75, 3.05) is 13.2 Å². The van der Waals surface area contributed by atoms with Crippen LogP contribution >= 0.6 is 30.8 Å². The quantitative estimate of drug-likeness (QED) is 0.594. The van der Waals surface area contributed by atoms with Crippen molar-refractivity contribution >= 4 is 30.8 Å². The van der Waals surface area contributed by atoms with Gasteiger partial charge in [-0.3, -0.25) is 4.57 Å². The Balaban J connectivity index is 2.89. The van der Waals surface area contributed by atoms with Crippen molar-refractivity contribution in [3.8, 4) is 0 Å². The number of halogens is 2. The summed E-state index contributed by atoms with van der Waals surface area (Å²) in [6.45, 7) is 4.03. The maximum Gasteiger partial charge on any atom is 0.338 e. The van der Waals surface area contributed by atoms with Crippen LogP contribution in [0.5, 0.6) is 0 Å². The highest BCUT2D eigenvalue weighted by Crippen LogP contribution is 2.50. The Kier molecular flexibility index (Phi) is 5.83. The molecule has 0 aromatic carbocycles. The zero-order chi connectivity index (χ0) is 12.9. The van der Waals surface area contributed by atoms with Crippen molar-refractivity contribution in [3.05, 3.63) is 22.2 Å². The summed E-state index contributed by atoms with van der Waals surface area (Å²) < 4.78 is 22.4. The number of hydrogen-bond donors (Lipinski definition) is 0. The van der Waals surface area contributed by atoms with E-state index in [4.69, 9.17) is 32.2 Å². The zero-order valence-corrected chi connectivity index (χ0v) is 11.9. The first-order chi connectivity index (χ1) is 7.99. The molecule has 8 heteroatoms. The summed E-state index contributed by atoms with van der Waals surface area (Å²) in [4.78, 5) is 7.84. The molecule has 1 aromatic heterocycles.